The summed E-state index contributed by atoms with van der Waals surface area (Å²) in [5.41, 5.74) is 1.84. The van der Waals surface area contributed by atoms with E-state index in [1.807, 2.05) is 0 Å². The molecule has 2 N–H and O–H groups in total. The number of rotatable bonds is 6. The predicted octanol–water partition coefficient (Wildman–Crippen LogP) is 1.30. The highest BCUT2D eigenvalue weighted by atomic mass is 19.1. The second-order valence-electron chi connectivity index (χ2n) is 5.35. The number of carbonyl (C=O) groups is 2. The highest BCUT2D eigenvalue weighted by Gasteiger charge is 2.09. The normalized spacial score (nSPS) is 10.6. The molecule has 0 aliphatic rings. The molecule has 0 fully saturated rings. The Kier molecular flexibility index (Phi) is 4.98. The topological polar surface area (TPSA) is 88.4 Å². The van der Waals surface area contributed by atoms with E-state index < -0.39 is 5.82 Å². The number of hydrogen-bond acceptors (Lipinski definition) is 4. The van der Waals surface area contributed by atoms with Crippen LogP contribution in [0.15, 0.2) is 48.9 Å². The number of carbonyl (C=O) groups excluding carboxylic acids is 2. The van der Waals surface area contributed by atoms with E-state index in [0.29, 0.717) is 17.8 Å². The maximum absolute atomic E-state index is 12.8. The van der Waals surface area contributed by atoms with Crippen molar-refractivity contribution in [3.63, 3.8) is 0 Å². The van der Waals surface area contributed by atoms with Crippen LogP contribution in [0.4, 0.5) is 4.39 Å². The van der Waals surface area contributed by atoms with Crippen LogP contribution in [0.3, 0.4) is 0 Å². The van der Waals surface area contributed by atoms with E-state index >= 15 is 0 Å². The fraction of sp³-hybridized carbons (Fsp3) is 0.176. The van der Waals surface area contributed by atoms with Crippen molar-refractivity contribution in [1.82, 2.24) is 25.2 Å². The van der Waals surface area contributed by atoms with Gasteiger partial charge in [0.2, 0.25) is 5.91 Å². The van der Waals surface area contributed by atoms with Gasteiger partial charge in [-0.15, -0.1) is 0 Å². The van der Waals surface area contributed by atoms with Gasteiger partial charge in [-0.25, -0.2) is 13.9 Å². The van der Waals surface area contributed by atoms with Crippen molar-refractivity contribution in [2.75, 3.05) is 6.54 Å². The highest BCUT2D eigenvalue weighted by Crippen LogP contribution is 2.06. The molecule has 0 aliphatic carbocycles. The van der Waals surface area contributed by atoms with Crippen molar-refractivity contribution < 1.29 is 14.0 Å². The third-order valence-electron chi connectivity index (χ3n) is 3.57. The first-order chi connectivity index (χ1) is 12.1. The molecule has 2 aromatic heterocycles. The number of halogens is 1. The Hall–Kier alpha value is -3.29. The van der Waals surface area contributed by atoms with E-state index in [1.165, 1.54) is 24.3 Å². The zero-order chi connectivity index (χ0) is 17.6. The van der Waals surface area contributed by atoms with Crippen LogP contribution < -0.4 is 10.6 Å². The Morgan fingerprint density at radius 3 is 2.76 bits per heavy atom. The maximum atomic E-state index is 12.8. The molecule has 0 unspecified atom stereocenters. The van der Waals surface area contributed by atoms with Gasteiger partial charge in [0.15, 0.2) is 5.65 Å². The smallest absolute Gasteiger partial charge is 0.251 e. The van der Waals surface area contributed by atoms with Crippen LogP contribution in [-0.4, -0.2) is 33.0 Å². The minimum atomic E-state index is -0.405. The summed E-state index contributed by atoms with van der Waals surface area (Å²) in [5.74, 6) is -0.951. The SMILES string of the molecule is O=C(CCNC(=O)c1ccc(F)cc1)NCc1cnn2cccnc12. The molecule has 0 saturated carbocycles. The van der Waals surface area contributed by atoms with Crippen molar-refractivity contribution in [2.24, 2.45) is 0 Å². The average molecular weight is 341 g/mol. The Morgan fingerprint density at radius 1 is 1.16 bits per heavy atom. The molecule has 0 spiro atoms. The Balaban J connectivity index is 1.44. The summed E-state index contributed by atoms with van der Waals surface area (Å²) in [6, 6.07) is 6.98. The third kappa shape index (κ3) is 4.17. The van der Waals surface area contributed by atoms with Crippen molar-refractivity contribution in [3.05, 3.63) is 65.9 Å². The van der Waals surface area contributed by atoms with Crippen LogP contribution in [0.25, 0.3) is 5.65 Å². The van der Waals surface area contributed by atoms with Gasteiger partial charge in [-0.2, -0.15) is 5.10 Å². The lowest BCUT2D eigenvalue weighted by Gasteiger charge is -2.06. The molecule has 0 bridgehead atoms. The summed E-state index contributed by atoms with van der Waals surface area (Å²) in [5, 5.41) is 9.53. The van der Waals surface area contributed by atoms with E-state index in [2.05, 4.69) is 20.7 Å². The molecular weight excluding hydrogens is 325 g/mol. The van der Waals surface area contributed by atoms with Gasteiger partial charge >= 0.3 is 0 Å². The molecule has 0 radical (unpaired) electrons. The second-order valence-corrected chi connectivity index (χ2v) is 5.35. The summed E-state index contributed by atoms with van der Waals surface area (Å²) >= 11 is 0. The fourth-order valence-electron chi connectivity index (χ4n) is 2.28. The average Bonchev–Trinajstić information content (AvgIpc) is 3.03. The third-order valence-corrected chi connectivity index (χ3v) is 3.57. The van der Waals surface area contributed by atoms with Crippen molar-refractivity contribution in [3.8, 4) is 0 Å². The number of hydrogen-bond donors (Lipinski definition) is 2. The predicted molar refractivity (Wildman–Crippen MR) is 88.2 cm³/mol. The van der Waals surface area contributed by atoms with Crippen molar-refractivity contribution in [1.29, 1.82) is 0 Å². The summed E-state index contributed by atoms with van der Waals surface area (Å²) in [6.07, 6.45) is 5.23. The first-order valence-corrected chi connectivity index (χ1v) is 7.71. The molecule has 3 aromatic rings. The Labute approximate surface area is 142 Å². The van der Waals surface area contributed by atoms with Gasteiger partial charge in [-0.05, 0) is 30.3 Å². The summed E-state index contributed by atoms with van der Waals surface area (Å²) in [6.45, 7) is 0.500. The first-order valence-electron chi connectivity index (χ1n) is 7.71. The monoisotopic (exact) mass is 341 g/mol. The minimum absolute atomic E-state index is 0.138. The lowest BCUT2D eigenvalue weighted by molar-refractivity contribution is -0.121. The Morgan fingerprint density at radius 2 is 1.96 bits per heavy atom. The lowest BCUT2D eigenvalue weighted by atomic mass is 10.2. The molecule has 1 aromatic carbocycles. The number of fused-ring (bicyclic) bond motifs is 1. The lowest BCUT2D eigenvalue weighted by Crippen LogP contribution is -2.30. The number of nitrogens with one attached hydrogen (secondary N) is 2. The van der Waals surface area contributed by atoms with Gasteiger partial charge in [0, 0.05) is 43.0 Å². The second kappa shape index (κ2) is 7.52. The van der Waals surface area contributed by atoms with Crippen molar-refractivity contribution >= 4 is 17.5 Å². The fourth-order valence-corrected chi connectivity index (χ4v) is 2.28. The Bertz CT molecular complexity index is 891. The van der Waals surface area contributed by atoms with Crippen LogP contribution in [0, 0.1) is 5.82 Å². The molecule has 3 rings (SSSR count). The van der Waals surface area contributed by atoms with Crippen LogP contribution in [-0.2, 0) is 11.3 Å². The van der Waals surface area contributed by atoms with E-state index in [4.69, 9.17) is 0 Å². The van der Waals surface area contributed by atoms with Gasteiger partial charge in [-0.1, -0.05) is 0 Å². The largest absolute Gasteiger partial charge is 0.352 e. The number of amides is 2. The van der Waals surface area contributed by atoms with Gasteiger partial charge in [0.25, 0.3) is 5.91 Å². The number of nitrogens with zero attached hydrogens (tertiary/aromatic N) is 3. The molecule has 128 valence electrons. The standard InChI is InChI=1S/C17H16FN5O2/c18-14-4-2-12(3-5-14)17(25)20-8-6-15(24)21-10-13-11-22-23-9-1-7-19-16(13)23/h1-5,7,9,11H,6,8,10H2,(H,20,25)(H,21,24). The number of aromatic nitrogens is 3. The van der Waals surface area contributed by atoms with Crippen LogP contribution in [0.2, 0.25) is 0 Å². The minimum Gasteiger partial charge on any atom is -0.352 e. The van der Waals surface area contributed by atoms with E-state index in [-0.39, 0.29) is 24.8 Å². The molecular formula is C17H16FN5O2. The summed E-state index contributed by atoms with van der Waals surface area (Å²) in [4.78, 5) is 27.9. The quantitative estimate of drug-likeness (QED) is 0.707. The zero-order valence-electron chi connectivity index (χ0n) is 13.3. The van der Waals surface area contributed by atoms with Gasteiger partial charge < -0.3 is 10.6 Å². The summed E-state index contributed by atoms with van der Waals surface area (Å²) < 4.78 is 14.4. The van der Waals surface area contributed by atoms with Crippen molar-refractivity contribution in [2.45, 2.75) is 13.0 Å². The molecule has 8 heteroatoms. The number of benzene rings is 1. The summed E-state index contributed by atoms with van der Waals surface area (Å²) in [7, 11) is 0. The molecule has 0 aliphatic heterocycles. The molecule has 7 nitrogen and oxygen atoms in total. The van der Waals surface area contributed by atoms with E-state index in [9.17, 15) is 14.0 Å². The molecule has 0 saturated heterocycles. The highest BCUT2D eigenvalue weighted by molar-refractivity contribution is 5.94. The molecule has 2 amide bonds. The zero-order valence-corrected chi connectivity index (χ0v) is 13.3. The van der Waals surface area contributed by atoms with Crippen LogP contribution in [0.1, 0.15) is 22.3 Å². The van der Waals surface area contributed by atoms with E-state index in [1.54, 1.807) is 29.2 Å². The first kappa shape index (κ1) is 16.6. The molecule has 0 atom stereocenters. The van der Waals surface area contributed by atoms with Gasteiger partial charge in [-0.3, -0.25) is 9.59 Å². The van der Waals surface area contributed by atoms with Gasteiger partial charge in [0.1, 0.15) is 5.82 Å². The van der Waals surface area contributed by atoms with E-state index in [0.717, 1.165) is 5.56 Å². The maximum Gasteiger partial charge on any atom is 0.251 e. The van der Waals surface area contributed by atoms with Crippen LogP contribution >= 0.6 is 0 Å². The van der Waals surface area contributed by atoms with Crippen LogP contribution in [0.5, 0.6) is 0 Å². The van der Waals surface area contributed by atoms with Gasteiger partial charge in [0.05, 0.1) is 6.20 Å². The molecule has 2 heterocycles. The molecule has 25 heavy (non-hydrogen) atoms.